The van der Waals surface area contributed by atoms with Crippen molar-refractivity contribution in [1.29, 1.82) is 0 Å². The lowest BCUT2D eigenvalue weighted by Gasteiger charge is -2.11. The van der Waals surface area contributed by atoms with Crippen molar-refractivity contribution in [2.24, 2.45) is 0 Å². The molecule has 4 heteroatoms. The van der Waals surface area contributed by atoms with Crippen molar-refractivity contribution in [3.63, 3.8) is 0 Å². The molecular weight excluding hydrogens is 240 g/mol. The van der Waals surface area contributed by atoms with E-state index in [0.717, 1.165) is 29.3 Å². The zero-order chi connectivity index (χ0) is 13.2. The number of aromatic nitrogens is 2. The molecule has 1 saturated heterocycles. The molecule has 2 aromatic rings. The van der Waals surface area contributed by atoms with Gasteiger partial charge < -0.3 is 9.47 Å². The Morgan fingerprint density at radius 2 is 2.00 bits per heavy atom. The fourth-order valence-corrected chi connectivity index (χ4v) is 1.87. The average Bonchev–Trinajstić information content (AvgIpc) is 3.22. The van der Waals surface area contributed by atoms with Gasteiger partial charge in [-0.3, -0.25) is 0 Å². The van der Waals surface area contributed by atoms with Gasteiger partial charge in [-0.05, 0) is 25.5 Å². The maximum atomic E-state index is 5.85. The standard InChI is InChI=1S/C15H16N2O2/c1-10-3-4-14(12-6-16-11(2)17-7-12)15(5-10)19-9-13-8-18-13/h3-7,13H,8-9H2,1-2H3/t13-/m0/s1. The van der Waals surface area contributed by atoms with Crippen LogP contribution in [0.15, 0.2) is 30.6 Å². The Kier molecular flexibility index (Phi) is 3.17. The Bertz CT molecular complexity index is 577. The number of ether oxygens (including phenoxy) is 2. The molecule has 0 unspecified atom stereocenters. The molecule has 1 fully saturated rings. The summed E-state index contributed by atoms with van der Waals surface area (Å²) < 4.78 is 11.0. The van der Waals surface area contributed by atoms with Crippen LogP contribution in [-0.4, -0.2) is 29.3 Å². The summed E-state index contributed by atoms with van der Waals surface area (Å²) in [6.45, 7) is 5.33. The lowest BCUT2D eigenvalue weighted by molar-refractivity contribution is 0.264. The zero-order valence-electron chi connectivity index (χ0n) is 11.1. The van der Waals surface area contributed by atoms with Gasteiger partial charge in [0.2, 0.25) is 0 Å². The minimum atomic E-state index is 0.252. The summed E-state index contributed by atoms with van der Waals surface area (Å²) in [5.74, 6) is 1.63. The van der Waals surface area contributed by atoms with Gasteiger partial charge in [0.1, 0.15) is 24.3 Å². The van der Waals surface area contributed by atoms with Gasteiger partial charge in [-0.2, -0.15) is 0 Å². The van der Waals surface area contributed by atoms with E-state index in [2.05, 4.69) is 23.0 Å². The summed E-state index contributed by atoms with van der Waals surface area (Å²) in [5.41, 5.74) is 3.16. The first-order valence-electron chi connectivity index (χ1n) is 6.36. The smallest absolute Gasteiger partial charge is 0.127 e. The molecule has 0 bridgehead atoms. The van der Waals surface area contributed by atoms with E-state index in [9.17, 15) is 0 Å². The highest BCUT2D eigenvalue weighted by Gasteiger charge is 2.23. The zero-order valence-corrected chi connectivity index (χ0v) is 11.1. The van der Waals surface area contributed by atoms with E-state index in [4.69, 9.17) is 9.47 Å². The number of nitrogens with zero attached hydrogens (tertiary/aromatic N) is 2. The molecule has 1 aliphatic heterocycles. The van der Waals surface area contributed by atoms with Crippen LogP contribution >= 0.6 is 0 Å². The van der Waals surface area contributed by atoms with Crippen LogP contribution in [0.4, 0.5) is 0 Å². The molecule has 1 atom stereocenters. The Morgan fingerprint density at radius 1 is 1.26 bits per heavy atom. The molecule has 19 heavy (non-hydrogen) atoms. The van der Waals surface area contributed by atoms with Crippen LogP contribution < -0.4 is 4.74 Å². The lowest BCUT2D eigenvalue weighted by atomic mass is 10.1. The topological polar surface area (TPSA) is 47.5 Å². The van der Waals surface area contributed by atoms with Crippen molar-refractivity contribution in [3.05, 3.63) is 42.0 Å². The Hall–Kier alpha value is -1.94. The quantitative estimate of drug-likeness (QED) is 0.789. The van der Waals surface area contributed by atoms with Gasteiger partial charge in [0, 0.05) is 23.5 Å². The molecule has 98 valence electrons. The summed E-state index contributed by atoms with van der Waals surface area (Å²) in [7, 11) is 0. The molecule has 0 saturated carbocycles. The highest BCUT2D eigenvalue weighted by molar-refractivity contribution is 5.69. The monoisotopic (exact) mass is 256 g/mol. The van der Waals surface area contributed by atoms with Crippen molar-refractivity contribution < 1.29 is 9.47 Å². The van der Waals surface area contributed by atoms with Crippen molar-refractivity contribution in [3.8, 4) is 16.9 Å². The van der Waals surface area contributed by atoms with E-state index < -0.39 is 0 Å². The van der Waals surface area contributed by atoms with Crippen LogP contribution in [0.3, 0.4) is 0 Å². The second kappa shape index (κ2) is 4.97. The first kappa shape index (κ1) is 12.1. The van der Waals surface area contributed by atoms with Gasteiger partial charge in [-0.15, -0.1) is 0 Å². The first-order chi connectivity index (χ1) is 9.22. The molecule has 4 nitrogen and oxygen atoms in total. The third kappa shape index (κ3) is 2.90. The van der Waals surface area contributed by atoms with Crippen molar-refractivity contribution >= 4 is 0 Å². The van der Waals surface area contributed by atoms with E-state index in [0.29, 0.717) is 6.61 Å². The van der Waals surface area contributed by atoms with Gasteiger partial charge in [0.25, 0.3) is 0 Å². The van der Waals surface area contributed by atoms with Crippen molar-refractivity contribution in [2.45, 2.75) is 20.0 Å². The molecule has 0 amide bonds. The molecule has 1 aromatic carbocycles. The number of epoxide rings is 1. The van der Waals surface area contributed by atoms with Crippen LogP contribution in [0, 0.1) is 13.8 Å². The van der Waals surface area contributed by atoms with Crippen LogP contribution in [-0.2, 0) is 4.74 Å². The third-order valence-corrected chi connectivity index (χ3v) is 3.06. The number of hydrogen-bond acceptors (Lipinski definition) is 4. The van der Waals surface area contributed by atoms with E-state index in [1.165, 1.54) is 5.56 Å². The SMILES string of the molecule is Cc1ccc(-c2cnc(C)nc2)c(OC[C@@H]2CO2)c1. The Balaban J connectivity index is 1.91. The predicted molar refractivity (Wildman–Crippen MR) is 72.2 cm³/mol. The van der Waals surface area contributed by atoms with Crippen molar-refractivity contribution in [1.82, 2.24) is 9.97 Å². The highest BCUT2D eigenvalue weighted by atomic mass is 16.6. The number of rotatable bonds is 4. The minimum absolute atomic E-state index is 0.252. The predicted octanol–water partition coefficient (Wildman–Crippen LogP) is 2.54. The Morgan fingerprint density at radius 3 is 2.68 bits per heavy atom. The Labute approximate surface area is 112 Å². The van der Waals surface area contributed by atoms with Crippen LogP contribution in [0.2, 0.25) is 0 Å². The summed E-state index contributed by atoms with van der Waals surface area (Å²) >= 11 is 0. The van der Waals surface area contributed by atoms with E-state index in [1.54, 1.807) is 0 Å². The summed E-state index contributed by atoms with van der Waals surface area (Å²) in [4.78, 5) is 8.47. The van der Waals surface area contributed by atoms with Gasteiger partial charge in [-0.1, -0.05) is 12.1 Å². The average molecular weight is 256 g/mol. The molecule has 0 spiro atoms. The van der Waals surface area contributed by atoms with Gasteiger partial charge in [-0.25, -0.2) is 9.97 Å². The van der Waals surface area contributed by atoms with Gasteiger partial charge >= 0.3 is 0 Å². The molecule has 0 aliphatic carbocycles. The second-order valence-electron chi connectivity index (χ2n) is 4.78. The van der Waals surface area contributed by atoms with Crippen molar-refractivity contribution in [2.75, 3.05) is 13.2 Å². The fourth-order valence-electron chi connectivity index (χ4n) is 1.87. The fraction of sp³-hybridized carbons (Fsp3) is 0.333. The van der Waals surface area contributed by atoms with E-state index in [1.807, 2.05) is 31.5 Å². The van der Waals surface area contributed by atoms with Crippen LogP contribution in [0.1, 0.15) is 11.4 Å². The molecule has 2 heterocycles. The molecule has 1 aromatic heterocycles. The van der Waals surface area contributed by atoms with Crippen LogP contribution in [0.25, 0.3) is 11.1 Å². The van der Waals surface area contributed by atoms with E-state index in [-0.39, 0.29) is 6.10 Å². The third-order valence-electron chi connectivity index (χ3n) is 3.06. The summed E-state index contributed by atoms with van der Waals surface area (Å²) in [6.07, 6.45) is 3.91. The lowest BCUT2D eigenvalue weighted by Crippen LogP contribution is -2.05. The summed E-state index contributed by atoms with van der Waals surface area (Å²) in [6, 6.07) is 6.15. The summed E-state index contributed by atoms with van der Waals surface area (Å²) in [5, 5.41) is 0. The second-order valence-corrected chi connectivity index (χ2v) is 4.78. The largest absolute Gasteiger partial charge is 0.490 e. The van der Waals surface area contributed by atoms with Gasteiger partial charge in [0.15, 0.2) is 0 Å². The normalized spacial score (nSPS) is 17.3. The molecule has 3 rings (SSSR count). The van der Waals surface area contributed by atoms with Crippen LogP contribution in [0.5, 0.6) is 5.75 Å². The molecule has 0 N–H and O–H groups in total. The molecule has 1 aliphatic rings. The first-order valence-corrected chi connectivity index (χ1v) is 6.36. The number of hydrogen-bond donors (Lipinski definition) is 0. The highest BCUT2D eigenvalue weighted by Crippen LogP contribution is 2.30. The molecule has 0 radical (unpaired) electrons. The number of benzene rings is 1. The minimum Gasteiger partial charge on any atom is -0.490 e. The maximum Gasteiger partial charge on any atom is 0.127 e. The maximum absolute atomic E-state index is 5.85. The number of aryl methyl sites for hydroxylation is 2. The molecular formula is C15H16N2O2. The van der Waals surface area contributed by atoms with E-state index >= 15 is 0 Å². The van der Waals surface area contributed by atoms with Gasteiger partial charge in [0.05, 0.1) is 6.61 Å².